The molecular formula is C23H28ClN5O2. The van der Waals surface area contributed by atoms with Gasteiger partial charge in [-0.25, -0.2) is 5.43 Å². The fourth-order valence-corrected chi connectivity index (χ4v) is 4.47. The number of nitrogens with zero attached hydrogens (tertiary/aromatic N) is 1. The van der Waals surface area contributed by atoms with E-state index in [0.717, 1.165) is 42.7 Å². The molecule has 0 saturated carbocycles. The zero-order valence-electron chi connectivity index (χ0n) is 17.3. The Morgan fingerprint density at radius 2 is 1.87 bits per heavy atom. The third-order valence-electron chi connectivity index (χ3n) is 6.08. The number of nitrogens with two attached hydrogens (primary N) is 1. The molecule has 2 aromatic rings. The first-order chi connectivity index (χ1) is 15.0. The molecule has 8 heteroatoms. The largest absolute Gasteiger partial charge is 0.369 e. The van der Waals surface area contributed by atoms with Crippen LogP contribution in [0.4, 0.5) is 5.69 Å². The number of primary amides is 1. The van der Waals surface area contributed by atoms with Crippen molar-refractivity contribution in [3.05, 3.63) is 64.7 Å². The second-order valence-corrected chi connectivity index (χ2v) is 8.76. The average Bonchev–Trinajstić information content (AvgIpc) is 3.26. The third kappa shape index (κ3) is 5.43. The Labute approximate surface area is 187 Å². The summed E-state index contributed by atoms with van der Waals surface area (Å²) in [6, 6.07) is 15.3. The van der Waals surface area contributed by atoms with Crippen LogP contribution in [0.15, 0.2) is 48.5 Å². The van der Waals surface area contributed by atoms with Gasteiger partial charge in [-0.2, -0.15) is 0 Å². The van der Waals surface area contributed by atoms with E-state index in [9.17, 15) is 9.59 Å². The molecule has 2 amide bonds. The van der Waals surface area contributed by atoms with E-state index in [1.807, 2.05) is 48.5 Å². The molecule has 0 aliphatic carbocycles. The lowest BCUT2D eigenvalue weighted by atomic mass is 9.94. The van der Waals surface area contributed by atoms with E-state index in [1.54, 1.807) is 0 Å². The van der Waals surface area contributed by atoms with Gasteiger partial charge in [-0.3, -0.25) is 19.9 Å². The monoisotopic (exact) mass is 441 g/mol. The second kappa shape index (κ2) is 9.78. The Bertz CT molecular complexity index is 919. The summed E-state index contributed by atoms with van der Waals surface area (Å²) >= 11 is 5.98. The van der Waals surface area contributed by atoms with Gasteiger partial charge in [0.2, 0.25) is 11.8 Å². The van der Waals surface area contributed by atoms with Crippen molar-refractivity contribution in [3.8, 4) is 0 Å². The molecular weight excluding hydrogens is 414 g/mol. The summed E-state index contributed by atoms with van der Waals surface area (Å²) < 4.78 is 0. The summed E-state index contributed by atoms with van der Waals surface area (Å²) in [5.41, 5.74) is 14.7. The van der Waals surface area contributed by atoms with Crippen molar-refractivity contribution < 1.29 is 9.59 Å². The van der Waals surface area contributed by atoms with Crippen molar-refractivity contribution in [1.29, 1.82) is 0 Å². The molecule has 0 aromatic heterocycles. The van der Waals surface area contributed by atoms with Gasteiger partial charge in [0, 0.05) is 30.3 Å². The Kier molecular flexibility index (Phi) is 6.87. The molecule has 3 atom stereocenters. The molecule has 2 fully saturated rings. The highest BCUT2D eigenvalue weighted by molar-refractivity contribution is 6.30. The minimum absolute atomic E-state index is 0.0365. The summed E-state index contributed by atoms with van der Waals surface area (Å²) in [6.45, 7) is 3.00. The molecule has 7 nitrogen and oxygen atoms in total. The molecule has 0 bridgehead atoms. The van der Waals surface area contributed by atoms with Crippen molar-refractivity contribution in [2.45, 2.75) is 25.4 Å². The molecule has 4 rings (SSSR count). The maximum atomic E-state index is 12.9. The van der Waals surface area contributed by atoms with Gasteiger partial charge in [-0.1, -0.05) is 35.9 Å². The number of hydrazine groups is 1. The van der Waals surface area contributed by atoms with E-state index in [0.29, 0.717) is 18.1 Å². The van der Waals surface area contributed by atoms with Gasteiger partial charge in [0.05, 0.1) is 17.9 Å². The summed E-state index contributed by atoms with van der Waals surface area (Å²) in [5, 5.41) is 3.70. The van der Waals surface area contributed by atoms with Gasteiger partial charge < -0.3 is 11.1 Å². The zero-order chi connectivity index (χ0) is 21.8. The van der Waals surface area contributed by atoms with Gasteiger partial charge in [-0.05, 0) is 54.8 Å². The number of hydrogen-bond acceptors (Lipinski definition) is 5. The van der Waals surface area contributed by atoms with Crippen LogP contribution in [0.1, 0.15) is 30.0 Å². The Morgan fingerprint density at radius 3 is 2.58 bits per heavy atom. The van der Waals surface area contributed by atoms with Crippen LogP contribution < -0.4 is 21.9 Å². The fourth-order valence-electron chi connectivity index (χ4n) is 4.35. The number of anilines is 1. The van der Waals surface area contributed by atoms with E-state index >= 15 is 0 Å². The number of halogens is 1. The van der Waals surface area contributed by atoms with Crippen LogP contribution in [0, 0.1) is 11.8 Å². The van der Waals surface area contributed by atoms with Gasteiger partial charge in [0.15, 0.2) is 0 Å². The second-order valence-electron chi connectivity index (χ2n) is 8.32. The molecule has 5 N–H and O–H groups in total. The molecule has 0 spiro atoms. The number of benzene rings is 2. The number of nitrogens with one attached hydrogen (secondary N) is 3. The summed E-state index contributed by atoms with van der Waals surface area (Å²) in [6.07, 6.45) is 1.86. The SMILES string of the molecule is NC(=O)C1CCCN(Cc2ccc(NC(=O)C3CNNC3c3ccc(Cl)cc3)cc2)C1. The van der Waals surface area contributed by atoms with Crippen molar-refractivity contribution in [2.75, 3.05) is 25.0 Å². The first kappa shape index (κ1) is 21.8. The third-order valence-corrected chi connectivity index (χ3v) is 6.34. The van der Waals surface area contributed by atoms with Crippen LogP contribution in [-0.4, -0.2) is 36.3 Å². The average molecular weight is 442 g/mol. The lowest BCUT2D eigenvalue weighted by molar-refractivity contribution is -0.123. The fraction of sp³-hybridized carbons (Fsp3) is 0.391. The number of carbonyl (C=O) groups is 2. The molecule has 0 radical (unpaired) electrons. The topological polar surface area (TPSA) is 99.5 Å². The Hall–Kier alpha value is -2.45. The van der Waals surface area contributed by atoms with Gasteiger partial charge in [-0.15, -0.1) is 0 Å². The highest BCUT2D eigenvalue weighted by Gasteiger charge is 2.34. The maximum absolute atomic E-state index is 12.9. The highest BCUT2D eigenvalue weighted by atomic mass is 35.5. The first-order valence-electron chi connectivity index (χ1n) is 10.6. The van der Waals surface area contributed by atoms with Crippen molar-refractivity contribution in [1.82, 2.24) is 15.8 Å². The maximum Gasteiger partial charge on any atom is 0.230 e. The van der Waals surface area contributed by atoms with Gasteiger partial charge in [0.25, 0.3) is 0 Å². The minimum Gasteiger partial charge on any atom is -0.369 e. The summed E-state index contributed by atoms with van der Waals surface area (Å²) in [5.74, 6) is -0.546. The lowest BCUT2D eigenvalue weighted by Crippen LogP contribution is -2.40. The van der Waals surface area contributed by atoms with Crippen molar-refractivity contribution >= 4 is 29.1 Å². The minimum atomic E-state index is -0.236. The molecule has 2 saturated heterocycles. The zero-order valence-corrected chi connectivity index (χ0v) is 18.1. The molecule has 2 aliphatic rings. The van der Waals surface area contributed by atoms with E-state index in [4.69, 9.17) is 17.3 Å². The van der Waals surface area contributed by atoms with Crippen LogP contribution in [0.2, 0.25) is 5.02 Å². The van der Waals surface area contributed by atoms with E-state index in [-0.39, 0.29) is 29.7 Å². The summed E-state index contributed by atoms with van der Waals surface area (Å²) in [4.78, 5) is 26.6. The van der Waals surface area contributed by atoms with Crippen LogP contribution in [0.3, 0.4) is 0 Å². The van der Waals surface area contributed by atoms with Gasteiger partial charge >= 0.3 is 0 Å². The quantitative estimate of drug-likeness (QED) is 0.551. The van der Waals surface area contributed by atoms with E-state index in [2.05, 4.69) is 21.1 Å². The molecule has 2 heterocycles. The van der Waals surface area contributed by atoms with Crippen LogP contribution in [0.5, 0.6) is 0 Å². The van der Waals surface area contributed by atoms with E-state index < -0.39 is 0 Å². The smallest absolute Gasteiger partial charge is 0.230 e. The standard InChI is InChI=1S/C23H28ClN5O2/c24-18-7-5-16(6-8-18)21-20(12-26-28-21)23(31)27-19-9-3-15(4-10-19)13-29-11-1-2-17(14-29)22(25)30/h3-10,17,20-21,26,28H,1-2,11-14H2,(H2,25,30)(H,27,31). The number of hydrogen-bond donors (Lipinski definition) is 4. The highest BCUT2D eigenvalue weighted by Crippen LogP contribution is 2.27. The van der Waals surface area contributed by atoms with Crippen molar-refractivity contribution in [2.24, 2.45) is 17.6 Å². The molecule has 164 valence electrons. The van der Waals surface area contributed by atoms with E-state index in [1.165, 1.54) is 0 Å². The molecule has 31 heavy (non-hydrogen) atoms. The number of rotatable bonds is 6. The summed E-state index contributed by atoms with van der Waals surface area (Å²) in [7, 11) is 0. The molecule has 3 unspecified atom stereocenters. The number of likely N-dealkylation sites (tertiary alicyclic amines) is 1. The lowest BCUT2D eigenvalue weighted by Gasteiger charge is -2.31. The van der Waals surface area contributed by atoms with Gasteiger partial charge in [0.1, 0.15) is 0 Å². The Morgan fingerprint density at radius 1 is 1.13 bits per heavy atom. The van der Waals surface area contributed by atoms with Crippen LogP contribution in [0.25, 0.3) is 0 Å². The molecule has 2 aromatic carbocycles. The molecule has 2 aliphatic heterocycles. The predicted octanol–water partition coefficient (Wildman–Crippen LogP) is 2.44. The number of piperidine rings is 1. The van der Waals surface area contributed by atoms with Crippen molar-refractivity contribution in [3.63, 3.8) is 0 Å². The first-order valence-corrected chi connectivity index (χ1v) is 11.0. The number of carbonyl (C=O) groups excluding carboxylic acids is 2. The normalized spacial score (nSPS) is 24.1. The van der Waals surface area contributed by atoms with Crippen LogP contribution >= 0.6 is 11.6 Å². The Balaban J connectivity index is 1.34. The predicted molar refractivity (Wildman–Crippen MR) is 121 cm³/mol. The number of amides is 2. The van der Waals surface area contributed by atoms with Crippen LogP contribution in [-0.2, 0) is 16.1 Å².